The Balaban J connectivity index is 0.800. The molecule has 0 amide bonds. The Bertz CT molecular complexity index is 4310. The van der Waals surface area contributed by atoms with Crippen LogP contribution in [0.5, 0.6) is 46.0 Å². The maximum Gasteiger partial charge on any atom is 0.180 e. The minimum Gasteiger partial charge on any atom is -0.449 e. The molecule has 0 aliphatic carbocycles. The third kappa shape index (κ3) is 7.38. The van der Waals surface area contributed by atoms with E-state index in [4.69, 9.17) is 18.9 Å². The van der Waals surface area contributed by atoms with Gasteiger partial charge >= 0.3 is 0 Å². The van der Waals surface area contributed by atoms with Gasteiger partial charge in [0.25, 0.3) is 0 Å². The highest BCUT2D eigenvalue weighted by molar-refractivity contribution is 6.16. The number of para-hydroxylation sites is 8. The first-order valence-electron chi connectivity index (χ1n) is 26.8. The van der Waals surface area contributed by atoms with Crippen LogP contribution in [0.25, 0.3) is 66.1 Å². The molecule has 0 N–H and O–H groups in total. The molecule has 378 valence electrons. The molecule has 0 fully saturated rings. The number of aromatic nitrogens is 2. The Morgan fingerprint density at radius 2 is 0.550 bits per heavy atom. The molecule has 80 heavy (non-hydrogen) atoms. The monoisotopic (exact) mass is 1030 g/mol. The Morgan fingerprint density at radius 1 is 0.237 bits per heavy atom. The first kappa shape index (κ1) is 45.3. The predicted octanol–water partition coefficient (Wildman–Crippen LogP) is 20.3. The van der Waals surface area contributed by atoms with Gasteiger partial charge in [0.05, 0.1) is 32.8 Å². The normalized spacial score (nSPS) is 12.2. The van der Waals surface area contributed by atoms with Crippen molar-refractivity contribution in [2.24, 2.45) is 0 Å². The van der Waals surface area contributed by atoms with Crippen LogP contribution in [0.3, 0.4) is 0 Å². The molecule has 2 aliphatic heterocycles. The van der Waals surface area contributed by atoms with E-state index in [1.165, 1.54) is 0 Å². The van der Waals surface area contributed by atoms with E-state index < -0.39 is 0 Å². The summed E-state index contributed by atoms with van der Waals surface area (Å²) in [4.78, 5) is 4.59. The van der Waals surface area contributed by atoms with Crippen molar-refractivity contribution in [1.29, 1.82) is 0 Å². The van der Waals surface area contributed by atoms with Gasteiger partial charge in [-0.3, -0.25) is 0 Å². The summed E-state index contributed by atoms with van der Waals surface area (Å²) in [5, 5.41) is 4.04. The minimum atomic E-state index is 0.679. The van der Waals surface area contributed by atoms with Crippen LogP contribution < -0.4 is 28.7 Å². The van der Waals surface area contributed by atoms with Gasteiger partial charge in [0.1, 0.15) is 0 Å². The Morgan fingerprint density at radius 3 is 0.900 bits per heavy atom. The van der Waals surface area contributed by atoms with Crippen LogP contribution in [-0.2, 0) is 0 Å². The topological polar surface area (TPSA) is 53.3 Å². The molecule has 16 rings (SSSR count). The van der Waals surface area contributed by atoms with Crippen molar-refractivity contribution in [3.8, 4) is 68.5 Å². The second kappa shape index (κ2) is 18.4. The van der Waals surface area contributed by atoms with E-state index in [9.17, 15) is 0 Å². The standard InChI is InChI=1S/C72H46N4O4/c1-5-17-49(18-6-1)73(50-19-7-2-8-20-50)55-37-39-59-57(45-55)69-61(41-43-67-71(69)79-65-27-15-13-25-63(65)77-67)75(59)53-33-29-47(30-34-53)48-31-35-54(36-32-48)76-60-40-38-56(74(51-21-9-3-10-22-51)52-23-11-4-12-24-52)46-58(60)70-62(76)42-44-68-72(70)80-66-28-16-14-26-64(66)78-68/h1-46H. The number of fused-ring (bicyclic) bond motifs is 12. The largest absolute Gasteiger partial charge is 0.449 e. The molecule has 0 saturated heterocycles. The van der Waals surface area contributed by atoms with E-state index in [0.717, 1.165) is 100 Å². The van der Waals surface area contributed by atoms with Gasteiger partial charge < -0.3 is 37.9 Å². The van der Waals surface area contributed by atoms with Crippen molar-refractivity contribution in [3.05, 3.63) is 279 Å². The van der Waals surface area contributed by atoms with Crippen LogP contribution in [0.4, 0.5) is 34.1 Å². The van der Waals surface area contributed by atoms with Crippen LogP contribution in [0.15, 0.2) is 279 Å². The number of anilines is 6. The first-order valence-corrected chi connectivity index (χ1v) is 26.8. The van der Waals surface area contributed by atoms with Crippen LogP contribution >= 0.6 is 0 Å². The molecule has 8 nitrogen and oxygen atoms in total. The number of ether oxygens (including phenoxy) is 4. The lowest BCUT2D eigenvalue weighted by Gasteiger charge is -2.25. The van der Waals surface area contributed by atoms with Crippen LogP contribution in [-0.4, -0.2) is 9.13 Å². The average Bonchev–Trinajstić information content (AvgIpc) is 4.18. The van der Waals surface area contributed by atoms with Crippen LogP contribution in [0.1, 0.15) is 0 Å². The Hall–Kier alpha value is -11.0. The zero-order chi connectivity index (χ0) is 52.7. The summed E-state index contributed by atoms with van der Waals surface area (Å²) in [6, 6.07) is 97.2. The van der Waals surface area contributed by atoms with Gasteiger partial charge in [0.15, 0.2) is 46.0 Å². The van der Waals surface area contributed by atoms with Crippen molar-refractivity contribution in [3.63, 3.8) is 0 Å². The molecule has 2 aliphatic rings. The minimum absolute atomic E-state index is 0.679. The zero-order valence-corrected chi connectivity index (χ0v) is 43.0. The van der Waals surface area contributed by atoms with Gasteiger partial charge in [-0.15, -0.1) is 0 Å². The highest BCUT2D eigenvalue weighted by atomic mass is 16.6. The fourth-order valence-electron chi connectivity index (χ4n) is 11.8. The van der Waals surface area contributed by atoms with Crippen molar-refractivity contribution in [1.82, 2.24) is 9.13 Å². The van der Waals surface area contributed by atoms with E-state index in [2.05, 4.69) is 237 Å². The van der Waals surface area contributed by atoms with E-state index in [1.807, 2.05) is 60.7 Å². The van der Waals surface area contributed by atoms with Gasteiger partial charge in [-0.1, -0.05) is 121 Å². The molecule has 0 atom stereocenters. The molecule has 0 spiro atoms. The lowest BCUT2D eigenvalue weighted by atomic mass is 10.0. The lowest BCUT2D eigenvalue weighted by molar-refractivity contribution is 0.363. The molecule has 12 aromatic carbocycles. The molecular formula is C72H46N4O4. The summed E-state index contributed by atoms with van der Waals surface area (Å²) in [7, 11) is 0. The van der Waals surface area contributed by atoms with Gasteiger partial charge in [-0.25, -0.2) is 0 Å². The summed E-state index contributed by atoms with van der Waals surface area (Å²) in [5.41, 5.74) is 14.7. The maximum atomic E-state index is 6.80. The fourth-order valence-corrected chi connectivity index (χ4v) is 11.8. The van der Waals surface area contributed by atoms with Gasteiger partial charge in [-0.2, -0.15) is 0 Å². The van der Waals surface area contributed by atoms with E-state index in [-0.39, 0.29) is 0 Å². The van der Waals surface area contributed by atoms with Gasteiger partial charge in [0, 0.05) is 56.3 Å². The summed E-state index contributed by atoms with van der Waals surface area (Å²) < 4.78 is 31.3. The second-order valence-corrected chi connectivity index (χ2v) is 20.1. The quantitative estimate of drug-likeness (QED) is 0.144. The number of hydrogen-bond acceptors (Lipinski definition) is 6. The SMILES string of the molecule is c1ccc(N(c2ccccc2)c2ccc3c(c2)c2c4c(ccc2n3-c2ccc(-c3ccc(-n5c6ccc(N(c7ccccc7)c7ccccc7)cc6c6c7c(ccc65)Oc5ccccc5O7)cc3)cc2)Oc2ccccc2O4)cc1. The molecule has 0 radical (unpaired) electrons. The van der Waals surface area contributed by atoms with Crippen LogP contribution in [0.2, 0.25) is 0 Å². The molecular weight excluding hydrogens is 985 g/mol. The second-order valence-electron chi connectivity index (χ2n) is 20.1. The van der Waals surface area contributed by atoms with Crippen molar-refractivity contribution < 1.29 is 18.9 Å². The summed E-state index contributed by atoms with van der Waals surface area (Å²) >= 11 is 0. The molecule has 4 heterocycles. The molecule has 0 bridgehead atoms. The van der Waals surface area contributed by atoms with E-state index >= 15 is 0 Å². The predicted molar refractivity (Wildman–Crippen MR) is 323 cm³/mol. The van der Waals surface area contributed by atoms with Crippen molar-refractivity contribution in [2.75, 3.05) is 9.80 Å². The van der Waals surface area contributed by atoms with E-state index in [0.29, 0.717) is 46.0 Å². The van der Waals surface area contributed by atoms with Gasteiger partial charge in [-0.05, 0) is 169 Å². The first-order chi connectivity index (χ1) is 39.7. The number of nitrogens with zero attached hydrogens (tertiary/aromatic N) is 4. The summed E-state index contributed by atoms with van der Waals surface area (Å²) in [6.07, 6.45) is 0. The smallest absolute Gasteiger partial charge is 0.180 e. The molecule has 8 heteroatoms. The van der Waals surface area contributed by atoms with Gasteiger partial charge in [0.2, 0.25) is 0 Å². The average molecular weight is 1030 g/mol. The van der Waals surface area contributed by atoms with E-state index in [1.54, 1.807) is 0 Å². The highest BCUT2D eigenvalue weighted by Crippen LogP contribution is 2.54. The molecule has 0 saturated carbocycles. The van der Waals surface area contributed by atoms with Crippen molar-refractivity contribution >= 4 is 77.7 Å². The van der Waals surface area contributed by atoms with Crippen LogP contribution in [0, 0.1) is 0 Å². The summed E-state index contributed by atoms with van der Waals surface area (Å²) in [5.74, 6) is 5.51. The zero-order valence-electron chi connectivity index (χ0n) is 43.0. The maximum absolute atomic E-state index is 6.80. The summed E-state index contributed by atoms with van der Waals surface area (Å²) in [6.45, 7) is 0. The molecule has 0 unspecified atom stereocenters. The fraction of sp³-hybridized carbons (Fsp3) is 0. The molecule has 14 aromatic rings. The number of benzene rings is 12. The number of hydrogen-bond donors (Lipinski definition) is 0. The Labute approximate surface area is 460 Å². The third-order valence-electron chi connectivity index (χ3n) is 15.4. The highest BCUT2D eigenvalue weighted by Gasteiger charge is 2.29. The molecule has 2 aromatic heterocycles. The number of rotatable bonds is 9. The third-order valence-corrected chi connectivity index (χ3v) is 15.4. The lowest BCUT2D eigenvalue weighted by Crippen LogP contribution is -2.09. The van der Waals surface area contributed by atoms with Crippen molar-refractivity contribution in [2.45, 2.75) is 0 Å². The Kier molecular flexibility index (Phi) is 10.4.